The zero-order chi connectivity index (χ0) is 16.2. The SMILES string of the molecule is Cc1c(N)cc(C(=O)O)cc1CNCC(=O)OC(C)(C)C. The van der Waals surface area contributed by atoms with Gasteiger partial charge in [-0.3, -0.25) is 4.79 Å². The molecular formula is C15H22N2O4. The number of carbonyl (C=O) groups is 2. The number of anilines is 1. The average molecular weight is 294 g/mol. The first-order valence-electron chi connectivity index (χ1n) is 6.65. The van der Waals surface area contributed by atoms with Crippen LogP contribution in [-0.2, 0) is 16.1 Å². The molecule has 0 aliphatic rings. The van der Waals surface area contributed by atoms with Gasteiger partial charge in [-0.1, -0.05) is 0 Å². The van der Waals surface area contributed by atoms with Gasteiger partial charge in [0.25, 0.3) is 0 Å². The van der Waals surface area contributed by atoms with Crippen LogP contribution in [0.5, 0.6) is 0 Å². The fourth-order valence-electron chi connectivity index (χ4n) is 1.78. The van der Waals surface area contributed by atoms with Crippen molar-refractivity contribution in [2.75, 3.05) is 12.3 Å². The molecule has 0 aliphatic heterocycles. The highest BCUT2D eigenvalue weighted by molar-refractivity contribution is 5.89. The van der Waals surface area contributed by atoms with E-state index >= 15 is 0 Å². The fourth-order valence-corrected chi connectivity index (χ4v) is 1.78. The maximum atomic E-state index is 11.6. The molecule has 0 heterocycles. The molecule has 0 aromatic heterocycles. The molecule has 0 atom stereocenters. The third-order valence-corrected chi connectivity index (χ3v) is 2.81. The number of carboxylic acids is 1. The van der Waals surface area contributed by atoms with Gasteiger partial charge >= 0.3 is 11.9 Å². The Morgan fingerprint density at radius 2 is 1.95 bits per heavy atom. The molecule has 6 heteroatoms. The fraction of sp³-hybridized carbons (Fsp3) is 0.467. The van der Waals surface area contributed by atoms with E-state index in [9.17, 15) is 9.59 Å². The number of carbonyl (C=O) groups excluding carboxylic acids is 1. The van der Waals surface area contributed by atoms with Gasteiger partial charge in [0.05, 0.1) is 12.1 Å². The molecule has 1 aromatic rings. The second-order valence-corrected chi connectivity index (χ2v) is 5.84. The second kappa shape index (κ2) is 6.58. The quantitative estimate of drug-likeness (QED) is 0.564. The summed E-state index contributed by atoms with van der Waals surface area (Å²) in [6.45, 7) is 7.60. The van der Waals surface area contributed by atoms with Gasteiger partial charge in [-0.25, -0.2) is 4.79 Å². The Balaban J connectivity index is 2.67. The first kappa shape index (κ1) is 17.0. The van der Waals surface area contributed by atoms with Crippen LogP contribution in [0, 0.1) is 6.92 Å². The molecule has 0 unspecified atom stereocenters. The van der Waals surface area contributed by atoms with Crippen LogP contribution in [0.15, 0.2) is 12.1 Å². The van der Waals surface area contributed by atoms with E-state index in [1.54, 1.807) is 26.8 Å². The molecule has 0 fully saturated rings. The molecular weight excluding hydrogens is 272 g/mol. The molecule has 1 rings (SSSR count). The second-order valence-electron chi connectivity index (χ2n) is 5.84. The molecule has 0 saturated carbocycles. The lowest BCUT2D eigenvalue weighted by Crippen LogP contribution is -2.31. The van der Waals surface area contributed by atoms with Crippen molar-refractivity contribution in [3.05, 3.63) is 28.8 Å². The first-order valence-corrected chi connectivity index (χ1v) is 6.65. The minimum Gasteiger partial charge on any atom is -0.478 e. The molecule has 0 aliphatic carbocycles. The van der Waals surface area contributed by atoms with Crippen molar-refractivity contribution in [1.82, 2.24) is 5.32 Å². The Kier molecular flexibility index (Phi) is 5.32. The molecule has 0 bridgehead atoms. The number of hydrogen-bond acceptors (Lipinski definition) is 5. The summed E-state index contributed by atoms with van der Waals surface area (Å²) in [7, 11) is 0. The Morgan fingerprint density at radius 1 is 1.33 bits per heavy atom. The molecule has 4 N–H and O–H groups in total. The topological polar surface area (TPSA) is 102 Å². The van der Waals surface area contributed by atoms with Gasteiger partial charge in [-0.2, -0.15) is 0 Å². The Labute approximate surface area is 124 Å². The van der Waals surface area contributed by atoms with E-state index in [0.29, 0.717) is 12.2 Å². The van der Waals surface area contributed by atoms with E-state index in [1.165, 1.54) is 6.07 Å². The summed E-state index contributed by atoms with van der Waals surface area (Å²) >= 11 is 0. The number of hydrogen-bond donors (Lipinski definition) is 3. The van der Waals surface area contributed by atoms with Crippen LogP contribution >= 0.6 is 0 Å². The van der Waals surface area contributed by atoms with E-state index in [4.69, 9.17) is 15.6 Å². The highest BCUT2D eigenvalue weighted by Gasteiger charge is 2.16. The maximum absolute atomic E-state index is 11.6. The lowest BCUT2D eigenvalue weighted by molar-refractivity contribution is -0.153. The number of esters is 1. The first-order chi connectivity index (χ1) is 9.60. The van der Waals surface area contributed by atoms with Crippen molar-refractivity contribution in [1.29, 1.82) is 0 Å². The van der Waals surface area contributed by atoms with Gasteiger partial charge in [0.1, 0.15) is 5.60 Å². The Bertz CT molecular complexity index is 547. The third kappa shape index (κ3) is 5.43. The van der Waals surface area contributed by atoms with E-state index in [-0.39, 0.29) is 18.1 Å². The van der Waals surface area contributed by atoms with E-state index < -0.39 is 11.6 Å². The highest BCUT2D eigenvalue weighted by atomic mass is 16.6. The number of carboxylic acid groups (broad SMARTS) is 1. The summed E-state index contributed by atoms with van der Waals surface area (Å²) < 4.78 is 5.17. The summed E-state index contributed by atoms with van der Waals surface area (Å²) in [6.07, 6.45) is 0. The lowest BCUT2D eigenvalue weighted by Gasteiger charge is -2.19. The van der Waals surface area contributed by atoms with Crippen LogP contribution < -0.4 is 11.1 Å². The number of rotatable bonds is 5. The van der Waals surface area contributed by atoms with Gasteiger partial charge in [0, 0.05) is 12.2 Å². The number of nitrogen functional groups attached to an aromatic ring is 1. The van der Waals surface area contributed by atoms with Crippen LogP contribution in [0.1, 0.15) is 42.3 Å². The van der Waals surface area contributed by atoms with Gasteiger partial charge < -0.3 is 20.9 Å². The molecule has 0 radical (unpaired) electrons. The van der Waals surface area contributed by atoms with Crippen molar-refractivity contribution in [3.8, 4) is 0 Å². The van der Waals surface area contributed by atoms with Gasteiger partial charge in [-0.15, -0.1) is 0 Å². The summed E-state index contributed by atoms with van der Waals surface area (Å²) in [4.78, 5) is 22.6. The predicted molar refractivity (Wildman–Crippen MR) is 80.1 cm³/mol. The van der Waals surface area contributed by atoms with Crippen LogP contribution in [0.4, 0.5) is 5.69 Å². The van der Waals surface area contributed by atoms with Crippen LogP contribution in [0.25, 0.3) is 0 Å². The minimum absolute atomic E-state index is 0.0495. The van der Waals surface area contributed by atoms with E-state index in [2.05, 4.69) is 5.32 Å². The van der Waals surface area contributed by atoms with Crippen molar-refractivity contribution in [3.63, 3.8) is 0 Å². The zero-order valence-corrected chi connectivity index (χ0v) is 12.8. The molecule has 6 nitrogen and oxygen atoms in total. The summed E-state index contributed by atoms with van der Waals surface area (Å²) in [5.41, 5.74) is 7.37. The smallest absolute Gasteiger partial charge is 0.335 e. The highest BCUT2D eigenvalue weighted by Crippen LogP contribution is 2.19. The summed E-state index contributed by atoms with van der Waals surface area (Å²) in [6, 6.07) is 2.98. The number of nitrogens with one attached hydrogen (secondary N) is 1. The normalized spacial score (nSPS) is 11.2. The molecule has 0 amide bonds. The number of benzene rings is 1. The molecule has 116 valence electrons. The Morgan fingerprint density at radius 3 is 2.48 bits per heavy atom. The predicted octanol–water partition coefficient (Wildman–Crippen LogP) is 1.71. The number of ether oxygens (including phenoxy) is 1. The largest absolute Gasteiger partial charge is 0.478 e. The van der Waals surface area contributed by atoms with Crippen LogP contribution in [0.2, 0.25) is 0 Å². The molecule has 1 aromatic carbocycles. The van der Waals surface area contributed by atoms with Gasteiger partial charge in [0.15, 0.2) is 0 Å². The van der Waals surface area contributed by atoms with Crippen molar-refractivity contribution < 1.29 is 19.4 Å². The third-order valence-electron chi connectivity index (χ3n) is 2.81. The van der Waals surface area contributed by atoms with Crippen molar-refractivity contribution >= 4 is 17.6 Å². The lowest BCUT2D eigenvalue weighted by atomic mass is 10.0. The van der Waals surface area contributed by atoms with E-state index in [0.717, 1.165) is 11.1 Å². The number of nitrogens with two attached hydrogens (primary N) is 1. The van der Waals surface area contributed by atoms with Crippen molar-refractivity contribution in [2.24, 2.45) is 0 Å². The maximum Gasteiger partial charge on any atom is 0.335 e. The number of aromatic carboxylic acids is 1. The standard InChI is InChI=1S/C15H22N2O4/c1-9-11(5-10(14(19)20)6-12(9)16)7-17-8-13(18)21-15(2,3)4/h5-6,17H,7-8,16H2,1-4H3,(H,19,20). The average Bonchev–Trinajstić information content (AvgIpc) is 2.31. The van der Waals surface area contributed by atoms with Gasteiger partial charge in [-0.05, 0) is 51.0 Å². The minimum atomic E-state index is -1.03. The molecule has 0 spiro atoms. The van der Waals surface area contributed by atoms with Crippen molar-refractivity contribution in [2.45, 2.75) is 39.8 Å². The summed E-state index contributed by atoms with van der Waals surface area (Å²) in [5.74, 6) is -1.39. The van der Waals surface area contributed by atoms with Crippen LogP contribution in [-0.4, -0.2) is 29.2 Å². The molecule has 21 heavy (non-hydrogen) atoms. The zero-order valence-electron chi connectivity index (χ0n) is 12.8. The van der Waals surface area contributed by atoms with Gasteiger partial charge in [0.2, 0.25) is 0 Å². The van der Waals surface area contributed by atoms with Crippen LogP contribution in [0.3, 0.4) is 0 Å². The monoisotopic (exact) mass is 294 g/mol. The van der Waals surface area contributed by atoms with E-state index in [1.807, 2.05) is 6.92 Å². The molecule has 0 saturated heterocycles. The summed E-state index contributed by atoms with van der Waals surface area (Å²) in [5, 5.41) is 12.0. The Hall–Kier alpha value is -2.08.